The zero-order valence-corrected chi connectivity index (χ0v) is 19.4. The average Bonchev–Trinajstić information content (AvgIpc) is 3.05. The Kier molecular flexibility index (Phi) is 6.70. The van der Waals surface area contributed by atoms with Crippen molar-refractivity contribution in [3.63, 3.8) is 0 Å². The summed E-state index contributed by atoms with van der Waals surface area (Å²) in [6, 6.07) is 14.2. The molecular weight excluding hydrogens is 442 g/mol. The molecule has 33 heavy (non-hydrogen) atoms. The molecule has 3 amide bonds. The van der Waals surface area contributed by atoms with Gasteiger partial charge in [0, 0.05) is 29.8 Å². The van der Waals surface area contributed by atoms with Crippen LogP contribution in [0.2, 0.25) is 5.02 Å². The van der Waals surface area contributed by atoms with E-state index in [1.165, 1.54) is 4.90 Å². The first-order valence-corrected chi connectivity index (χ1v) is 11.4. The van der Waals surface area contributed by atoms with E-state index in [0.29, 0.717) is 54.4 Å². The molecule has 7 nitrogen and oxygen atoms in total. The number of ether oxygens (including phenoxy) is 1. The number of piperidine rings is 1. The maximum Gasteiger partial charge on any atom is 0.409 e. The van der Waals surface area contributed by atoms with Crippen molar-refractivity contribution >= 4 is 40.8 Å². The number of amides is 3. The smallest absolute Gasteiger partial charge is 0.409 e. The SMILES string of the molecule is CCOC(=O)N1CCC(N2C(=O)C(Nc3ccc(Cl)cc3C)=C(c3ccccc3)C2=O)CC1. The lowest BCUT2D eigenvalue weighted by atomic mass is 10.0. The van der Waals surface area contributed by atoms with Gasteiger partial charge in [0.05, 0.1) is 12.2 Å². The van der Waals surface area contributed by atoms with Crippen LogP contribution in [-0.2, 0) is 14.3 Å². The molecule has 4 rings (SSSR count). The third-order valence-corrected chi connectivity index (χ3v) is 6.22. The molecule has 1 N–H and O–H groups in total. The van der Waals surface area contributed by atoms with Crippen molar-refractivity contribution in [2.45, 2.75) is 32.7 Å². The summed E-state index contributed by atoms with van der Waals surface area (Å²) >= 11 is 6.08. The molecule has 1 fully saturated rings. The Morgan fingerprint density at radius 1 is 1.09 bits per heavy atom. The maximum atomic E-state index is 13.6. The summed E-state index contributed by atoms with van der Waals surface area (Å²) in [5.41, 5.74) is 2.86. The minimum absolute atomic E-state index is 0.254. The first-order valence-electron chi connectivity index (χ1n) is 11.0. The molecule has 0 unspecified atom stereocenters. The van der Waals surface area contributed by atoms with E-state index in [1.54, 1.807) is 30.0 Å². The number of likely N-dealkylation sites (tertiary alicyclic amines) is 1. The fourth-order valence-corrected chi connectivity index (χ4v) is 4.52. The van der Waals surface area contributed by atoms with E-state index < -0.39 is 0 Å². The highest BCUT2D eigenvalue weighted by atomic mass is 35.5. The van der Waals surface area contributed by atoms with Gasteiger partial charge in [0.25, 0.3) is 11.8 Å². The quantitative estimate of drug-likeness (QED) is 0.657. The van der Waals surface area contributed by atoms with E-state index in [4.69, 9.17) is 16.3 Å². The van der Waals surface area contributed by atoms with Gasteiger partial charge in [-0.2, -0.15) is 0 Å². The number of rotatable bonds is 5. The third-order valence-electron chi connectivity index (χ3n) is 5.98. The van der Waals surface area contributed by atoms with Crippen LogP contribution in [0.3, 0.4) is 0 Å². The summed E-state index contributed by atoms with van der Waals surface area (Å²) in [4.78, 5) is 42.1. The Morgan fingerprint density at radius 3 is 2.42 bits per heavy atom. The molecule has 0 saturated carbocycles. The number of hydrogen-bond acceptors (Lipinski definition) is 5. The Balaban J connectivity index is 1.62. The zero-order chi connectivity index (χ0) is 23.5. The van der Waals surface area contributed by atoms with Gasteiger partial charge in [0.2, 0.25) is 0 Å². The molecule has 0 aliphatic carbocycles. The normalized spacial score (nSPS) is 17.1. The van der Waals surface area contributed by atoms with Gasteiger partial charge in [0.15, 0.2) is 0 Å². The minimum atomic E-state index is -0.362. The van der Waals surface area contributed by atoms with Crippen molar-refractivity contribution in [2.24, 2.45) is 0 Å². The van der Waals surface area contributed by atoms with Crippen LogP contribution in [0, 0.1) is 6.92 Å². The molecule has 2 aromatic carbocycles. The van der Waals surface area contributed by atoms with Crippen LogP contribution in [0.1, 0.15) is 30.9 Å². The van der Waals surface area contributed by atoms with Crippen molar-refractivity contribution in [1.29, 1.82) is 0 Å². The highest BCUT2D eigenvalue weighted by Crippen LogP contribution is 2.34. The average molecular weight is 468 g/mol. The first kappa shape index (κ1) is 22.9. The van der Waals surface area contributed by atoms with E-state index in [1.807, 2.05) is 37.3 Å². The molecule has 0 radical (unpaired) electrons. The second kappa shape index (κ2) is 9.67. The van der Waals surface area contributed by atoms with E-state index >= 15 is 0 Å². The number of aryl methyl sites for hydroxylation is 1. The summed E-state index contributed by atoms with van der Waals surface area (Å²) in [6.07, 6.45) is 0.649. The number of nitrogens with zero attached hydrogens (tertiary/aromatic N) is 2. The molecule has 0 spiro atoms. The van der Waals surface area contributed by atoms with Crippen LogP contribution in [0.15, 0.2) is 54.2 Å². The van der Waals surface area contributed by atoms with E-state index in [2.05, 4.69) is 5.32 Å². The molecule has 172 valence electrons. The van der Waals surface area contributed by atoms with Gasteiger partial charge in [-0.3, -0.25) is 14.5 Å². The summed E-state index contributed by atoms with van der Waals surface area (Å²) in [7, 11) is 0. The number of halogens is 1. The fourth-order valence-electron chi connectivity index (χ4n) is 4.29. The summed E-state index contributed by atoms with van der Waals surface area (Å²) in [5.74, 6) is -0.683. The lowest BCUT2D eigenvalue weighted by Gasteiger charge is -2.35. The second-order valence-corrected chi connectivity index (χ2v) is 8.53. The van der Waals surface area contributed by atoms with Crippen LogP contribution < -0.4 is 5.32 Å². The summed E-state index contributed by atoms with van der Waals surface area (Å²) in [5, 5.41) is 3.80. The fraction of sp³-hybridized carbons (Fsp3) is 0.320. The van der Waals surface area contributed by atoms with Gasteiger partial charge in [-0.1, -0.05) is 41.9 Å². The molecule has 8 heteroatoms. The molecular formula is C25H26ClN3O4. The number of nitrogens with one attached hydrogen (secondary N) is 1. The number of anilines is 1. The summed E-state index contributed by atoms with van der Waals surface area (Å²) in [6.45, 7) is 4.83. The lowest BCUT2D eigenvalue weighted by molar-refractivity contribution is -0.140. The Morgan fingerprint density at radius 2 is 1.79 bits per heavy atom. The van der Waals surface area contributed by atoms with Crippen molar-refractivity contribution in [3.8, 4) is 0 Å². The van der Waals surface area contributed by atoms with Crippen LogP contribution in [0.4, 0.5) is 10.5 Å². The van der Waals surface area contributed by atoms with Crippen molar-refractivity contribution in [3.05, 3.63) is 70.4 Å². The van der Waals surface area contributed by atoms with Crippen LogP contribution in [0.25, 0.3) is 5.57 Å². The Labute approximate surface area is 198 Å². The number of benzene rings is 2. The van der Waals surface area contributed by atoms with Gasteiger partial charge in [-0.05, 0) is 56.0 Å². The largest absolute Gasteiger partial charge is 0.450 e. The predicted octanol–water partition coefficient (Wildman–Crippen LogP) is 4.46. The first-order chi connectivity index (χ1) is 15.9. The predicted molar refractivity (Wildman–Crippen MR) is 127 cm³/mol. The summed E-state index contributed by atoms with van der Waals surface area (Å²) < 4.78 is 5.07. The third kappa shape index (κ3) is 4.59. The van der Waals surface area contributed by atoms with E-state index in [9.17, 15) is 14.4 Å². The highest BCUT2D eigenvalue weighted by Gasteiger charge is 2.44. The lowest BCUT2D eigenvalue weighted by Crippen LogP contribution is -2.49. The topological polar surface area (TPSA) is 79.0 Å². The highest BCUT2D eigenvalue weighted by molar-refractivity contribution is 6.36. The van der Waals surface area contributed by atoms with Gasteiger partial charge < -0.3 is 15.0 Å². The van der Waals surface area contributed by atoms with Crippen LogP contribution in [-0.4, -0.2) is 53.4 Å². The standard InChI is InChI=1S/C25H26ClN3O4/c1-3-33-25(32)28-13-11-19(12-14-28)29-23(30)21(17-7-5-4-6-8-17)22(24(29)31)27-20-10-9-18(26)15-16(20)2/h4-10,15,19,27H,3,11-14H2,1-2H3. The number of carbonyl (C=O) groups is 3. The second-order valence-electron chi connectivity index (χ2n) is 8.10. The molecule has 2 aliphatic rings. The molecule has 0 aromatic heterocycles. The van der Waals surface area contributed by atoms with Crippen LogP contribution >= 0.6 is 11.6 Å². The minimum Gasteiger partial charge on any atom is -0.450 e. The molecule has 2 heterocycles. The Hall–Kier alpha value is -3.32. The Bertz CT molecular complexity index is 1110. The van der Waals surface area contributed by atoms with Crippen LogP contribution in [0.5, 0.6) is 0 Å². The van der Waals surface area contributed by atoms with Gasteiger partial charge in [-0.15, -0.1) is 0 Å². The number of carbonyl (C=O) groups excluding carboxylic acids is 3. The monoisotopic (exact) mass is 467 g/mol. The van der Waals surface area contributed by atoms with Gasteiger partial charge in [0.1, 0.15) is 5.70 Å². The van der Waals surface area contributed by atoms with Crippen molar-refractivity contribution in [1.82, 2.24) is 9.80 Å². The van der Waals surface area contributed by atoms with E-state index in [0.717, 1.165) is 5.56 Å². The van der Waals surface area contributed by atoms with Crippen molar-refractivity contribution < 1.29 is 19.1 Å². The van der Waals surface area contributed by atoms with Gasteiger partial charge in [-0.25, -0.2) is 4.79 Å². The zero-order valence-electron chi connectivity index (χ0n) is 18.6. The molecule has 1 saturated heterocycles. The maximum absolute atomic E-state index is 13.6. The number of imide groups is 1. The molecule has 0 atom stereocenters. The van der Waals surface area contributed by atoms with Gasteiger partial charge >= 0.3 is 6.09 Å². The molecule has 0 bridgehead atoms. The van der Waals surface area contributed by atoms with Crippen molar-refractivity contribution in [2.75, 3.05) is 25.0 Å². The molecule has 2 aromatic rings. The molecule has 2 aliphatic heterocycles. The number of hydrogen-bond donors (Lipinski definition) is 1. The van der Waals surface area contributed by atoms with E-state index in [-0.39, 0.29) is 29.6 Å².